The second-order valence-electron chi connectivity index (χ2n) is 4.66. The van der Waals surface area contributed by atoms with Crippen LogP contribution < -0.4 is 5.32 Å². The molecule has 0 bridgehead atoms. The summed E-state index contributed by atoms with van der Waals surface area (Å²) in [5.41, 5.74) is 1.82. The van der Waals surface area contributed by atoms with Crippen LogP contribution >= 0.6 is 11.3 Å². The van der Waals surface area contributed by atoms with Crippen LogP contribution in [0.1, 0.15) is 35.5 Å². The van der Waals surface area contributed by atoms with Crippen LogP contribution in [-0.4, -0.2) is 11.5 Å². The van der Waals surface area contributed by atoms with Crippen molar-refractivity contribution in [1.82, 2.24) is 10.3 Å². The molecule has 0 amide bonds. The van der Waals surface area contributed by atoms with Gasteiger partial charge in [-0.25, -0.2) is 9.37 Å². The van der Waals surface area contributed by atoms with Gasteiger partial charge in [-0.1, -0.05) is 24.6 Å². The molecule has 0 saturated heterocycles. The highest BCUT2D eigenvalue weighted by molar-refractivity contribution is 7.09. The van der Waals surface area contributed by atoms with Crippen LogP contribution in [0.3, 0.4) is 0 Å². The van der Waals surface area contributed by atoms with E-state index >= 15 is 0 Å². The number of aryl methyl sites for hydroxylation is 1. The monoisotopic (exact) mass is 278 g/mol. The molecule has 2 rings (SSSR count). The Morgan fingerprint density at radius 2 is 2.26 bits per heavy atom. The summed E-state index contributed by atoms with van der Waals surface area (Å²) in [6.07, 6.45) is 3.56. The number of hydrogen-bond donors (Lipinski definition) is 1. The van der Waals surface area contributed by atoms with Gasteiger partial charge in [-0.3, -0.25) is 0 Å². The van der Waals surface area contributed by atoms with Gasteiger partial charge in [0.2, 0.25) is 0 Å². The molecule has 2 aromatic rings. The highest BCUT2D eigenvalue weighted by atomic mass is 32.1. The predicted molar refractivity (Wildman–Crippen MR) is 78.0 cm³/mol. The molecule has 0 saturated carbocycles. The molecule has 0 spiro atoms. The zero-order valence-corrected chi connectivity index (χ0v) is 12.1. The van der Waals surface area contributed by atoms with Gasteiger partial charge in [-0.05, 0) is 26.0 Å². The Bertz CT molecular complexity index is 511. The van der Waals surface area contributed by atoms with Gasteiger partial charge in [0.1, 0.15) is 5.82 Å². The van der Waals surface area contributed by atoms with Crippen molar-refractivity contribution in [2.75, 3.05) is 6.54 Å². The van der Waals surface area contributed by atoms with Crippen molar-refractivity contribution < 1.29 is 4.39 Å². The van der Waals surface area contributed by atoms with Crippen LogP contribution in [0.15, 0.2) is 29.8 Å². The number of halogens is 1. The fourth-order valence-corrected chi connectivity index (χ4v) is 2.73. The minimum atomic E-state index is -0.143. The Morgan fingerprint density at radius 1 is 1.42 bits per heavy atom. The molecular formula is C15H19FN2S. The fraction of sp³-hybridized carbons (Fsp3) is 0.400. The summed E-state index contributed by atoms with van der Waals surface area (Å²) < 4.78 is 14.0. The summed E-state index contributed by atoms with van der Waals surface area (Å²) in [6.45, 7) is 4.98. The molecule has 102 valence electrons. The van der Waals surface area contributed by atoms with E-state index in [-0.39, 0.29) is 11.9 Å². The first-order valence-electron chi connectivity index (χ1n) is 6.58. The number of hydrogen-bond acceptors (Lipinski definition) is 3. The molecule has 4 heteroatoms. The molecule has 0 fully saturated rings. The summed E-state index contributed by atoms with van der Waals surface area (Å²) in [7, 11) is 0. The van der Waals surface area contributed by atoms with Crippen molar-refractivity contribution in [1.29, 1.82) is 0 Å². The van der Waals surface area contributed by atoms with E-state index in [9.17, 15) is 4.39 Å². The lowest BCUT2D eigenvalue weighted by Crippen LogP contribution is -2.25. The Balaban J connectivity index is 2.23. The van der Waals surface area contributed by atoms with Crippen molar-refractivity contribution in [2.24, 2.45) is 0 Å². The van der Waals surface area contributed by atoms with E-state index < -0.39 is 0 Å². The van der Waals surface area contributed by atoms with Gasteiger partial charge in [0, 0.05) is 29.6 Å². The zero-order chi connectivity index (χ0) is 13.7. The quantitative estimate of drug-likeness (QED) is 0.867. The smallest absolute Gasteiger partial charge is 0.128 e. The third-order valence-corrected chi connectivity index (χ3v) is 3.83. The van der Waals surface area contributed by atoms with Crippen LogP contribution in [0.25, 0.3) is 0 Å². The summed E-state index contributed by atoms with van der Waals surface area (Å²) >= 11 is 1.62. The largest absolute Gasteiger partial charge is 0.309 e. The van der Waals surface area contributed by atoms with E-state index in [4.69, 9.17) is 0 Å². The number of rotatable bonds is 6. The molecule has 1 atom stereocenters. The number of benzene rings is 1. The Kier molecular flexibility index (Phi) is 5.05. The number of nitrogens with one attached hydrogen (secondary N) is 1. The first-order chi connectivity index (χ1) is 9.20. The molecule has 1 unspecified atom stereocenters. The molecule has 1 aromatic carbocycles. The number of thiazole rings is 1. The van der Waals surface area contributed by atoms with E-state index in [0.29, 0.717) is 0 Å². The molecule has 0 aliphatic rings. The molecular weight excluding hydrogens is 259 g/mol. The minimum Gasteiger partial charge on any atom is -0.309 e. The molecule has 1 heterocycles. The van der Waals surface area contributed by atoms with Crippen LogP contribution in [0.2, 0.25) is 0 Å². The number of nitrogens with zero attached hydrogens (tertiary/aromatic N) is 1. The molecule has 0 aliphatic heterocycles. The van der Waals surface area contributed by atoms with E-state index in [1.165, 1.54) is 0 Å². The zero-order valence-electron chi connectivity index (χ0n) is 11.3. The third-order valence-electron chi connectivity index (χ3n) is 3.03. The lowest BCUT2D eigenvalue weighted by atomic mass is 10.0. The second kappa shape index (κ2) is 6.78. The maximum Gasteiger partial charge on any atom is 0.128 e. The van der Waals surface area contributed by atoms with Crippen LogP contribution in [-0.2, 0) is 6.42 Å². The van der Waals surface area contributed by atoms with Crippen LogP contribution in [0.5, 0.6) is 0 Å². The van der Waals surface area contributed by atoms with Crippen molar-refractivity contribution >= 4 is 11.3 Å². The van der Waals surface area contributed by atoms with E-state index in [1.807, 2.05) is 18.4 Å². The van der Waals surface area contributed by atoms with Crippen LogP contribution in [0.4, 0.5) is 4.39 Å². The van der Waals surface area contributed by atoms with Crippen LogP contribution in [0, 0.1) is 12.7 Å². The molecule has 19 heavy (non-hydrogen) atoms. The molecule has 1 aromatic heterocycles. The van der Waals surface area contributed by atoms with Gasteiger partial charge in [0.05, 0.1) is 5.01 Å². The predicted octanol–water partition coefficient (Wildman–Crippen LogP) is 3.87. The van der Waals surface area contributed by atoms with Gasteiger partial charge in [-0.15, -0.1) is 11.3 Å². The SMILES string of the molecule is CCCNC(Cc1nccs1)c1cc(C)ccc1F. The second-order valence-corrected chi connectivity index (χ2v) is 5.64. The van der Waals surface area contributed by atoms with Gasteiger partial charge in [0.15, 0.2) is 0 Å². The maximum absolute atomic E-state index is 14.0. The highest BCUT2D eigenvalue weighted by Crippen LogP contribution is 2.23. The Hall–Kier alpha value is -1.26. The average Bonchev–Trinajstić information content (AvgIpc) is 2.90. The maximum atomic E-state index is 14.0. The van der Waals surface area contributed by atoms with E-state index in [2.05, 4.69) is 17.2 Å². The van der Waals surface area contributed by atoms with Crippen molar-refractivity contribution in [3.05, 3.63) is 51.7 Å². The third kappa shape index (κ3) is 3.85. The summed E-state index contributed by atoms with van der Waals surface area (Å²) in [4.78, 5) is 4.30. The standard InChI is InChI=1S/C15H19FN2S/c1-3-6-17-14(10-15-18-7-8-19-15)12-9-11(2)4-5-13(12)16/h4-5,7-9,14,17H,3,6,10H2,1-2H3. The Morgan fingerprint density at radius 3 is 2.95 bits per heavy atom. The molecule has 0 aliphatic carbocycles. The van der Waals surface area contributed by atoms with Crippen molar-refractivity contribution in [3.63, 3.8) is 0 Å². The summed E-state index contributed by atoms with van der Waals surface area (Å²) in [5.74, 6) is -0.143. The fourth-order valence-electron chi connectivity index (χ4n) is 2.07. The lowest BCUT2D eigenvalue weighted by molar-refractivity contribution is 0.496. The normalized spacial score (nSPS) is 12.6. The lowest BCUT2D eigenvalue weighted by Gasteiger charge is -2.19. The van der Waals surface area contributed by atoms with Crippen molar-refractivity contribution in [2.45, 2.75) is 32.7 Å². The molecule has 0 radical (unpaired) electrons. The van der Waals surface area contributed by atoms with Gasteiger partial charge >= 0.3 is 0 Å². The number of aromatic nitrogens is 1. The first-order valence-corrected chi connectivity index (χ1v) is 7.46. The van der Waals surface area contributed by atoms with Gasteiger partial charge < -0.3 is 5.32 Å². The topological polar surface area (TPSA) is 24.9 Å². The van der Waals surface area contributed by atoms with E-state index in [0.717, 1.165) is 35.5 Å². The summed E-state index contributed by atoms with van der Waals surface area (Å²) in [6, 6.07) is 5.27. The van der Waals surface area contributed by atoms with Crippen molar-refractivity contribution in [3.8, 4) is 0 Å². The molecule has 2 nitrogen and oxygen atoms in total. The Labute approximate surface area is 117 Å². The van der Waals surface area contributed by atoms with Gasteiger partial charge in [-0.2, -0.15) is 0 Å². The summed E-state index contributed by atoms with van der Waals surface area (Å²) in [5, 5.41) is 6.41. The highest BCUT2D eigenvalue weighted by Gasteiger charge is 2.17. The minimum absolute atomic E-state index is 0.00833. The first kappa shape index (κ1) is 14.2. The van der Waals surface area contributed by atoms with Gasteiger partial charge in [0.25, 0.3) is 0 Å². The van der Waals surface area contributed by atoms with E-state index in [1.54, 1.807) is 29.7 Å². The molecule has 1 N–H and O–H groups in total. The average molecular weight is 278 g/mol.